The zero-order chi connectivity index (χ0) is 28.9. The van der Waals surface area contributed by atoms with Crippen LogP contribution in [0.4, 0.5) is 26.3 Å². The summed E-state index contributed by atoms with van der Waals surface area (Å²) in [6, 6.07) is 0. The third-order valence-corrected chi connectivity index (χ3v) is 8.82. The first-order valence-electron chi connectivity index (χ1n) is 11.3. The highest BCUT2D eigenvalue weighted by molar-refractivity contribution is 14.1. The van der Waals surface area contributed by atoms with E-state index < -0.39 is 34.3 Å². The van der Waals surface area contributed by atoms with Gasteiger partial charge in [-0.25, -0.2) is 23.0 Å². The van der Waals surface area contributed by atoms with Crippen LogP contribution in [0.3, 0.4) is 0 Å². The minimum atomic E-state index is -5.08. The number of carbonyl (C=O) groups is 2. The first-order valence-corrected chi connectivity index (χ1v) is 14.2. The molecule has 5 fully saturated rings. The fourth-order valence-electron chi connectivity index (χ4n) is 5.14. The first-order chi connectivity index (χ1) is 17.2. The van der Waals surface area contributed by atoms with Crippen LogP contribution in [-0.4, -0.2) is 99.7 Å². The second-order valence-electron chi connectivity index (χ2n) is 9.80. The molecule has 4 saturated carbocycles. The second-order valence-corrected chi connectivity index (χ2v) is 12.9. The lowest BCUT2D eigenvalue weighted by Crippen LogP contribution is -2.80. The van der Waals surface area contributed by atoms with Crippen molar-refractivity contribution in [3.05, 3.63) is 15.7 Å². The Morgan fingerprint density at radius 3 is 1.71 bits per heavy atom. The van der Waals surface area contributed by atoms with E-state index in [1.165, 1.54) is 44.2 Å². The van der Waals surface area contributed by atoms with Crippen molar-refractivity contribution in [3.8, 4) is 0 Å². The predicted octanol–water partition coefficient (Wildman–Crippen LogP) is 2.84. The Morgan fingerprint density at radius 1 is 0.947 bits per heavy atom. The fourth-order valence-corrected chi connectivity index (χ4v) is 6.49. The third kappa shape index (κ3) is 6.72. The SMILES string of the molecule is CS(=O)(=O)N1CCN(C23CC(n4cc(I)nc4C4CC4)(C2)C3)CC1.O=C(O)C(F)(F)F.O=C(O)C(F)(F)F. The van der Waals surface area contributed by atoms with Gasteiger partial charge in [0.05, 0.1) is 11.8 Å². The number of alkyl halides is 6. The van der Waals surface area contributed by atoms with Gasteiger partial charge < -0.3 is 14.8 Å². The fraction of sp³-hybridized carbons (Fsp3) is 0.750. The van der Waals surface area contributed by atoms with Gasteiger partial charge in [-0.3, -0.25) is 4.90 Å². The molecule has 6 rings (SSSR count). The molecule has 2 N–H and O–H groups in total. The molecule has 1 aliphatic heterocycles. The van der Waals surface area contributed by atoms with Gasteiger partial charge in [-0.05, 0) is 54.7 Å². The quantitative estimate of drug-likeness (QED) is 0.365. The van der Waals surface area contributed by atoms with E-state index in [0.717, 1.165) is 16.8 Å². The molecule has 1 saturated heterocycles. The standard InChI is InChI=1S/C16H23IN4O2S.2C2HF3O2/c1-24(22,23)20-6-4-19(5-7-20)15-9-16(10-15,11-15)21-8-13(17)18-14(21)12-2-3-12;2*3-2(4,5)1(6)7/h8,12H,2-7,9-11H2,1H3;2*(H,6,7). The van der Waals surface area contributed by atoms with Crippen molar-refractivity contribution in [2.75, 3.05) is 32.4 Å². The second kappa shape index (κ2) is 10.4. The first kappa shape index (κ1) is 30.9. The lowest BCUT2D eigenvalue weighted by Gasteiger charge is -2.75. The zero-order valence-electron chi connectivity index (χ0n) is 19.9. The summed E-state index contributed by atoms with van der Waals surface area (Å²) < 4.78 is 92.1. The molecule has 0 amide bonds. The summed E-state index contributed by atoms with van der Waals surface area (Å²) in [6.45, 7) is 3.04. The van der Waals surface area contributed by atoms with Gasteiger partial charge in [0, 0.05) is 43.8 Å². The summed E-state index contributed by atoms with van der Waals surface area (Å²) in [7, 11) is -3.04. The molecule has 0 aromatic carbocycles. The van der Waals surface area contributed by atoms with Crippen LogP contribution in [0.25, 0.3) is 0 Å². The number of hydrogen-bond donors (Lipinski definition) is 2. The monoisotopic (exact) mass is 690 g/mol. The summed E-state index contributed by atoms with van der Waals surface area (Å²) in [4.78, 5) is 25.1. The van der Waals surface area contributed by atoms with Crippen LogP contribution in [0.1, 0.15) is 43.8 Å². The van der Waals surface area contributed by atoms with Gasteiger partial charge in [0.15, 0.2) is 0 Å². The van der Waals surface area contributed by atoms with Crippen molar-refractivity contribution in [1.29, 1.82) is 0 Å². The Bertz CT molecular complexity index is 1130. The van der Waals surface area contributed by atoms with Crippen LogP contribution >= 0.6 is 22.6 Å². The van der Waals surface area contributed by atoms with Crippen LogP contribution in [-0.2, 0) is 25.2 Å². The molecule has 38 heavy (non-hydrogen) atoms. The Morgan fingerprint density at radius 2 is 1.37 bits per heavy atom. The van der Waals surface area contributed by atoms with Crippen LogP contribution in [0, 0.1) is 3.70 Å². The van der Waals surface area contributed by atoms with Gasteiger partial charge in [-0.2, -0.15) is 30.6 Å². The largest absolute Gasteiger partial charge is 0.490 e. The Labute approximate surface area is 227 Å². The van der Waals surface area contributed by atoms with Crippen LogP contribution in [0.5, 0.6) is 0 Å². The van der Waals surface area contributed by atoms with Crippen molar-refractivity contribution < 1.29 is 54.6 Å². The molecule has 18 heteroatoms. The third-order valence-electron chi connectivity index (χ3n) is 7.00. The molecule has 1 aromatic heterocycles. The number of rotatable bonds is 4. The Hall–Kier alpha value is -1.67. The number of piperazine rings is 1. The molecular formula is C20H25F6IN4O6S. The number of sulfonamides is 1. The van der Waals surface area contributed by atoms with E-state index in [0.29, 0.717) is 30.1 Å². The van der Waals surface area contributed by atoms with Crippen molar-refractivity contribution in [2.24, 2.45) is 0 Å². The van der Waals surface area contributed by atoms with E-state index in [1.807, 2.05) is 0 Å². The van der Waals surface area contributed by atoms with Crippen molar-refractivity contribution in [2.45, 2.75) is 61.5 Å². The number of imidazole rings is 1. The number of hydrogen-bond acceptors (Lipinski definition) is 6. The van der Waals surface area contributed by atoms with Crippen molar-refractivity contribution in [3.63, 3.8) is 0 Å². The molecule has 2 heterocycles. The summed E-state index contributed by atoms with van der Waals surface area (Å²) in [5.41, 5.74) is 0.641. The topological polar surface area (TPSA) is 133 Å². The minimum Gasteiger partial charge on any atom is -0.475 e. The van der Waals surface area contributed by atoms with Crippen molar-refractivity contribution >= 4 is 44.6 Å². The normalized spacial score (nSPS) is 27.6. The number of halogens is 7. The van der Waals surface area contributed by atoms with E-state index in [-0.39, 0.29) is 0 Å². The van der Waals surface area contributed by atoms with Gasteiger partial charge in [0.2, 0.25) is 10.0 Å². The van der Waals surface area contributed by atoms with E-state index in [2.05, 4.69) is 38.3 Å². The summed E-state index contributed by atoms with van der Waals surface area (Å²) >= 11 is 2.34. The van der Waals surface area contributed by atoms with Crippen LogP contribution < -0.4 is 0 Å². The van der Waals surface area contributed by atoms with Crippen LogP contribution in [0.15, 0.2) is 6.20 Å². The maximum Gasteiger partial charge on any atom is 0.490 e. The highest BCUT2D eigenvalue weighted by Gasteiger charge is 2.71. The molecule has 4 aliphatic carbocycles. The molecule has 1 aromatic rings. The van der Waals surface area contributed by atoms with E-state index in [1.54, 1.807) is 4.31 Å². The smallest absolute Gasteiger partial charge is 0.475 e. The maximum absolute atomic E-state index is 11.7. The molecule has 10 nitrogen and oxygen atoms in total. The number of aliphatic carboxylic acids is 2. The number of nitrogens with zero attached hydrogens (tertiary/aromatic N) is 4. The molecule has 0 spiro atoms. The predicted molar refractivity (Wildman–Crippen MR) is 127 cm³/mol. The van der Waals surface area contributed by atoms with Gasteiger partial charge in [0.1, 0.15) is 9.53 Å². The molecule has 5 aliphatic rings. The highest BCUT2D eigenvalue weighted by atomic mass is 127. The van der Waals surface area contributed by atoms with E-state index >= 15 is 0 Å². The Kier molecular flexibility index (Phi) is 8.43. The van der Waals surface area contributed by atoms with Crippen LogP contribution in [0.2, 0.25) is 0 Å². The molecule has 0 unspecified atom stereocenters. The summed E-state index contributed by atoms with van der Waals surface area (Å²) in [5, 5.41) is 14.2. The van der Waals surface area contributed by atoms with E-state index in [4.69, 9.17) is 24.8 Å². The lowest BCUT2D eigenvalue weighted by molar-refractivity contribution is -0.211. The molecule has 0 atom stereocenters. The average Bonchev–Trinajstić information content (AvgIpc) is 3.48. The molecule has 2 bridgehead atoms. The lowest BCUT2D eigenvalue weighted by atomic mass is 9.43. The van der Waals surface area contributed by atoms with Crippen molar-refractivity contribution in [1.82, 2.24) is 18.8 Å². The molecule has 0 radical (unpaired) electrons. The number of aromatic nitrogens is 2. The van der Waals surface area contributed by atoms with Gasteiger partial charge in [0.25, 0.3) is 0 Å². The van der Waals surface area contributed by atoms with Gasteiger partial charge in [-0.15, -0.1) is 0 Å². The maximum atomic E-state index is 11.7. The molecular weight excluding hydrogens is 665 g/mol. The summed E-state index contributed by atoms with van der Waals surface area (Å²) in [6.07, 6.45) is -0.373. The zero-order valence-corrected chi connectivity index (χ0v) is 22.9. The molecule has 216 valence electrons. The highest BCUT2D eigenvalue weighted by Crippen LogP contribution is 2.68. The van der Waals surface area contributed by atoms with Gasteiger partial charge in [-0.1, -0.05) is 0 Å². The summed E-state index contributed by atoms with van der Waals surface area (Å²) in [5.74, 6) is -3.51. The minimum absolute atomic E-state index is 0.308. The van der Waals surface area contributed by atoms with Gasteiger partial charge >= 0.3 is 24.3 Å². The Balaban J connectivity index is 0.000000239. The van der Waals surface area contributed by atoms with E-state index in [9.17, 15) is 34.8 Å². The average molecular weight is 690 g/mol. The number of carboxylic acid groups (broad SMARTS) is 2. The number of carboxylic acids is 2.